The first kappa shape index (κ1) is 12.6. The van der Waals surface area contributed by atoms with Crippen LogP contribution in [-0.4, -0.2) is 14.2 Å². The summed E-state index contributed by atoms with van der Waals surface area (Å²) >= 11 is 0. The van der Waals surface area contributed by atoms with Gasteiger partial charge in [0.05, 0.1) is 7.11 Å². The van der Waals surface area contributed by atoms with Crippen LogP contribution in [0.25, 0.3) is 11.1 Å². The number of halogens is 1. The zero-order valence-electron chi connectivity index (χ0n) is 10.5. The van der Waals surface area contributed by atoms with E-state index < -0.39 is 0 Å². The van der Waals surface area contributed by atoms with Gasteiger partial charge in [-0.25, -0.2) is 4.39 Å². The van der Waals surface area contributed by atoms with Gasteiger partial charge in [0.1, 0.15) is 0 Å². The van der Waals surface area contributed by atoms with Crippen LogP contribution in [0.5, 0.6) is 5.75 Å². The zero-order valence-corrected chi connectivity index (χ0v) is 10.5. The Balaban J connectivity index is 2.45. The number of ether oxygens (including phenoxy) is 1. The molecule has 0 atom stereocenters. The Morgan fingerprint density at radius 2 is 1.94 bits per heavy atom. The molecule has 0 aliphatic heterocycles. The third-order valence-electron chi connectivity index (χ3n) is 2.80. The number of rotatable bonds is 4. The first-order valence-electron chi connectivity index (χ1n) is 5.82. The number of benzene rings is 2. The van der Waals surface area contributed by atoms with E-state index in [2.05, 4.69) is 5.32 Å². The summed E-state index contributed by atoms with van der Waals surface area (Å²) in [4.78, 5) is 0. The highest BCUT2D eigenvalue weighted by molar-refractivity contribution is 5.66. The van der Waals surface area contributed by atoms with Gasteiger partial charge in [-0.15, -0.1) is 0 Å². The molecule has 2 nitrogen and oxygen atoms in total. The van der Waals surface area contributed by atoms with E-state index in [9.17, 15) is 4.39 Å². The van der Waals surface area contributed by atoms with Crippen molar-refractivity contribution in [3.63, 3.8) is 0 Å². The minimum atomic E-state index is -0.318. The van der Waals surface area contributed by atoms with E-state index >= 15 is 0 Å². The summed E-state index contributed by atoms with van der Waals surface area (Å²) in [5, 5.41) is 3.08. The average molecular weight is 245 g/mol. The molecule has 2 aromatic rings. The molecule has 94 valence electrons. The Bertz CT molecular complexity index is 540. The normalized spacial score (nSPS) is 10.4. The fourth-order valence-corrected chi connectivity index (χ4v) is 1.94. The lowest BCUT2D eigenvalue weighted by Crippen LogP contribution is -2.04. The summed E-state index contributed by atoms with van der Waals surface area (Å²) < 4.78 is 19.1. The van der Waals surface area contributed by atoms with Gasteiger partial charge in [0.2, 0.25) is 0 Å². The number of methoxy groups -OCH3 is 1. The molecule has 0 unspecified atom stereocenters. The molecule has 0 spiro atoms. The van der Waals surface area contributed by atoms with E-state index in [-0.39, 0.29) is 11.6 Å². The molecular formula is C15H16FNO. The fraction of sp³-hybridized carbons (Fsp3) is 0.200. The second-order valence-electron chi connectivity index (χ2n) is 4.05. The first-order valence-corrected chi connectivity index (χ1v) is 5.82. The second-order valence-corrected chi connectivity index (χ2v) is 4.05. The molecule has 0 aliphatic carbocycles. The van der Waals surface area contributed by atoms with Gasteiger partial charge in [0, 0.05) is 12.1 Å². The molecule has 0 amide bonds. The highest BCUT2D eigenvalue weighted by atomic mass is 19.1. The third-order valence-corrected chi connectivity index (χ3v) is 2.80. The number of hydrogen-bond donors (Lipinski definition) is 1. The van der Waals surface area contributed by atoms with Crippen molar-refractivity contribution >= 4 is 0 Å². The summed E-state index contributed by atoms with van der Waals surface area (Å²) in [6.45, 7) is 0.763. The summed E-state index contributed by atoms with van der Waals surface area (Å²) in [6.07, 6.45) is 0. The van der Waals surface area contributed by atoms with E-state index in [4.69, 9.17) is 4.74 Å². The predicted molar refractivity (Wildman–Crippen MR) is 71.2 cm³/mol. The molecule has 0 aliphatic rings. The summed E-state index contributed by atoms with van der Waals surface area (Å²) in [7, 11) is 3.36. The van der Waals surface area contributed by atoms with E-state index in [1.165, 1.54) is 7.11 Å². The second kappa shape index (κ2) is 5.65. The third kappa shape index (κ3) is 2.51. The van der Waals surface area contributed by atoms with E-state index in [1.54, 1.807) is 18.2 Å². The minimum absolute atomic E-state index is 0.270. The molecule has 3 heteroatoms. The SMILES string of the molecule is CNCc1cccc(-c2cccc(OC)c2F)c1. The summed E-state index contributed by atoms with van der Waals surface area (Å²) in [6, 6.07) is 13.0. The maximum absolute atomic E-state index is 14.1. The van der Waals surface area contributed by atoms with Gasteiger partial charge in [-0.3, -0.25) is 0 Å². The van der Waals surface area contributed by atoms with Crippen molar-refractivity contribution in [3.8, 4) is 16.9 Å². The van der Waals surface area contributed by atoms with Crippen molar-refractivity contribution in [2.24, 2.45) is 0 Å². The summed E-state index contributed by atoms with van der Waals surface area (Å²) in [5.41, 5.74) is 2.55. The van der Waals surface area contributed by atoms with Crippen molar-refractivity contribution in [3.05, 3.63) is 53.8 Å². The quantitative estimate of drug-likeness (QED) is 0.893. The van der Waals surface area contributed by atoms with Crippen molar-refractivity contribution < 1.29 is 9.13 Å². The fourth-order valence-electron chi connectivity index (χ4n) is 1.94. The van der Waals surface area contributed by atoms with Gasteiger partial charge in [0.15, 0.2) is 11.6 Å². The monoisotopic (exact) mass is 245 g/mol. The van der Waals surface area contributed by atoms with E-state index in [1.807, 2.05) is 31.3 Å². The maximum atomic E-state index is 14.1. The van der Waals surface area contributed by atoms with Crippen LogP contribution in [0.4, 0.5) is 4.39 Å². The van der Waals surface area contributed by atoms with Crippen molar-refractivity contribution in [1.29, 1.82) is 0 Å². The minimum Gasteiger partial charge on any atom is -0.494 e. The molecule has 0 heterocycles. The first-order chi connectivity index (χ1) is 8.76. The largest absolute Gasteiger partial charge is 0.494 e. The Labute approximate surface area is 106 Å². The van der Waals surface area contributed by atoms with Gasteiger partial charge in [-0.1, -0.05) is 30.3 Å². The van der Waals surface area contributed by atoms with Crippen LogP contribution in [0, 0.1) is 5.82 Å². The Kier molecular flexibility index (Phi) is 3.95. The molecule has 0 fully saturated rings. The predicted octanol–water partition coefficient (Wildman–Crippen LogP) is 3.22. The van der Waals surface area contributed by atoms with Crippen LogP contribution in [-0.2, 0) is 6.54 Å². The Morgan fingerprint density at radius 1 is 1.17 bits per heavy atom. The molecule has 0 saturated heterocycles. The average Bonchev–Trinajstić information content (AvgIpc) is 2.40. The lowest BCUT2D eigenvalue weighted by atomic mass is 10.0. The molecule has 2 aromatic carbocycles. The number of nitrogens with one attached hydrogen (secondary N) is 1. The van der Waals surface area contributed by atoms with Crippen molar-refractivity contribution in [2.45, 2.75) is 6.54 Å². The van der Waals surface area contributed by atoms with Crippen LogP contribution in [0.1, 0.15) is 5.56 Å². The standard InChI is InChI=1S/C15H16FNO/c1-17-10-11-5-3-6-12(9-11)13-7-4-8-14(18-2)15(13)16/h3-9,17H,10H2,1-2H3. The molecular weight excluding hydrogens is 229 g/mol. The topological polar surface area (TPSA) is 21.3 Å². The summed E-state index contributed by atoms with van der Waals surface area (Å²) in [5.74, 6) is -0.0480. The van der Waals surface area contributed by atoms with Gasteiger partial charge in [-0.2, -0.15) is 0 Å². The smallest absolute Gasteiger partial charge is 0.172 e. The van der Waals surface area contributed by atoms with Gasteiger partial charge in [-0.05, 0) is 30.3 Å². The molecule has 0 aromatic heterocycles. The molecule has 2 rings (SSSR count). The van der Waals surface area contributed by atoms with Gasteiger partial charge < -0.3 is 10.1 Å². The Morgan fingerprint density at radius 3 is 2.67 bits per heavy atom. The Hall–Kier alpha value is -1.87. The van der Waals surface area contributed by atoms with E-state index in [0.29, 0.717) is 5.56 Å². The lowest BCUT2D eigenvalue weighted by Gasteiger charge is -2.09. The van der Waals surface area contributed by atoms with Crippen LogP contribution in [0.2, 0.25) is 0 Å². The van der Waals surface area contributed by atoms with Crippen LogP contribution >= 0.6 is 0 Å². The van der Waals surface area contributed by atoms with Crippen LogP contribution in [0.3, 0.4) is 0 Å². The highest BCUT2D eigenvalue weighted by Gasteiger charge is 2.10. The lowest BCUT2D eigenvalue weighted by molar-refractivity contribution is 0.387. The van der Waals surface area contributed by atoms with Crippen molar-refractivity contribution in [1.82, 2.24) is 5.32 Å². The van der Waals surface area contributed by atoms with Crippen LogP contribution in [0.15, 0.2) is 42.5 Å². The molecule has 18 heavy (non-hydrogen) atoms. The van der Waals surface area contributed by atoms with Gasteiger partial charge in [0.25, 0.3) is 0 Å². The van der Waals surface area contributed by atoms with Gasteiger partial charge >= 0.3 is 0 Å². The molecule has 0 radical (unpaired) electrons. The molecule has 0 bridgehead atoms. The maximum Gasteiger partial charge on any atom is 0.172 e. The van der Waals surface area contributed by atoms with Crippen molar-refractivity contribution in [2.75, 3.05) is 14.2 Å². The number of hydrogen-bond acceptors (Lipinski definition) is 2. The van der Waals surface area contributed by atoms with Crippen LogP contribution < -0.4 is 10.1 Å². The molecule has 1 N–H and O–H groups in total. The highest BCUT2D eigenvalue weighted by Crippen LogP contribution is 2.29. The van der Waals surface area contributed by atoms with E-state index in [0.717, 1.165) is 17.7 Å². The molecule has 0 saturated carbocycles. The zero-order chi connectivity index (χ0) is 13.0.